The molecule has 3 rings (SSSR count). The molecular formula is C16H12ClF2NO. The molecule has 0 fully saturated rings. The second-order valence-electron chi connectivity index (χ2n) is 4.77. The van der Waals surface area contributed by atoms with Crippen molar-refractivity contribution in [3.05, 3.63) is 70.2 Å². The van der Waals surface area contributed by atoms with Gasteiger partial charge < -0.3 is 4.74 Å². The molecule has 1 unspecified atom stereocenters. The van der Waals surface area contributed by atoms with Gasteiger partial charge in [0.25, 0.3) is 0 Å². The zero-order valence-electron chi connectivity index (χ0n) is 11.0. The molecule has 0 saturated heterocycles. The van der Waals surface area contributed by atoms with Crippen molar-refractivity contribution in [2.24, 2.45) is 4.99 Å². The van der Waals surface area contributed by atoms with E-state index in [1.807, 2.05) is 18.2 Å². The Morgan fingerprint density at radius 3 is 2.38 bits per heavy atom. The minimum Gasteiger partial charge on any atom is -0.477 e. The lowest BCUT2D eigenvalue weighted by molar-refractivity contribution is 0.257. The molecule has 0 aromatic heterocycles. The predicted octanol–water partition coefficient (Wildman–Crippen LogP) is 4.18. The molecule has 1 atom stereocenters. The van der Waals surface area contributed by atoms with Crippen LogP contribution in [0.4, 0.5) is 8.78 Å². The van der Waals surface area contributed by atoms with Crippen LogP contribution in [0, 0.1) is 11.6 Å². The first kappa shape index (κ1) is 14.0. The van der Waals surface area contributed by atoms with E-state index in [2.05, 4.69) is 4.99 Å². The predicted molar refractivity (Wildman–Crippen MR) is 77.9 cm³/mol. The zero-order chi connectivity index (χ0) is 14.8. The summed E-state index contributed by atoms with van der Waals surface area (Å²) < 4.78 is 32.9. The van der Waals surface area contributed by atoms with Gasteiger partial charge in [-0.15, -0.1) is 0 Å². The summed E-state index contributed by atoms with van der Waals surface area (Å²) in [6, 6.07) is 11.1. The van der Waals surface area contributed by atoms with Gasteiger partial charge in [0.1, 0.15) is 17.2 Å². The van der Waals surface area contributed by atoms with Gasteiger partial charge in [0.15, 0.2) is 0 Å². The second kappa shape index (κ2) is 5.82. The number of ether oxygens (including phenoxy) is 1. The Kier molecular flexibility index (Phi) is 3.88. The number of aliphatic imine (C=N–C) groups is 1. The monoisotopic (exact) mass is 307 g/mol. The van der Waals surface area contributed by atoms with Crippen molar-refractivity contribution in [3.8, 4) is 0 Å². The molecule has 0 aliphatic carbocycles. The van der Waals surface area contributed by atoms with Gasteiger partial charge in [-0.25, -0.2) is 8.78 Å². The van der Waals surface area contributed by atoms with E-state index in [0.717, 1.165) is 5.56 Å². The maximum absolute atomic E-state index is 13.7. The highest BCUT2D eigenvalue weighted by atomic mass is 35.5. The van der Waals surface area contributed by atoms with Crippen molar-refractivity contribution in [2.45, 2.75) is 5.92 Å². The Morgan fingerprint density at radius 1 is 1.05 bits per heavy atom. The summed E-state index contributed by atoms with van der Waals surface area (Å²) in [5.41, 5.74) is 0.714. The van der Waals surface area contributed by atoms with E-state index in [9.17, 15) is 8.78 Å². The average molecular weight is 308 g/mol. The Balaban J connectivity index is 1.86. The first-order valence-electron chi connectivity index (χ1n) is 6.53. The van der Waals surface area contributed by atoms with Crippen molar-refractivity contribution in [2.75, 3.05) is 13.2 Å². The van der Waals surface area contributed by atoms with Crippen molar-refractivity contribution >= 4 is 17.5 Å². The van der Waals surface area contributed by atoms with Crippen LogP contribution < -0.4 is 0 Å². The fraction of sp³-hybridized carbons (Fsp3) is 0.188. The summed E-state index contributed by atoms with van der Waals surface area (Å²) in [5, 5.41) is 0.641. The van der Waals surface area contributed by atoms with Gasteiger partial charge in [0.05, 0.1) is 13.2 Å². The number of benzene rings is 2. The summed E-state index contributed by atoms with van der Waals surface area (Å²) in [4.78, 5) is 4.18. The molecule has 0 spiro atoms. The minimum absolute atomic E-state index is 0.00824. The normalized spacial score (nSPS) is 18.0. The van der Waals surface area contributed by atoms with Gasteiger partial charge in [-0.2, -0.15) is 0 Å². The lowest BCUT2D eigenvalue weighted by Crippen LogP contribution is -2.24. The quantitative estimate of drug-likeness (QED) is 0.815. The van der Waals surface area contributed by atoms with Crippen LogP contribution >= 0.6 is 11.6 Å². The summed E-state index contributed by atoms with van der Waals surface area (Å²) in [6.07, 6.45) is 0. The number of rotatable bonds is 2. The molecule has 1 aliphatic heterocycles. The first-order chi connectivity index (χ1) is 10.2. The van der Waals surface area contributed by atoms with Gasteiger partial charge in [-0.3, -0.25) is 4.99 Å². The molecule has 1 aliphatic rings. The van der Waals surface area contributed by atoms with Crippen LogP contribution in [0.25, 0.3) is 0 Å². The second-order valence-corrected chi connectivity index (χ2v) is 5.18. The lowest BCUT2D eigenvalue weighted by Gasteiger charge is -2.23. The molecule has 0 bridgehead atoms. The smallest absolute Gasteiger partial charge is 0.222 e. The van der Waals surface area contributed by atoms with Crippen molar-refractivity contribution in [1.82, 2.24) is 0 Å². The number of halogens is 3. The Hall–Kier alpha value is -1.94. The van der Waals surface area contributed by atoms with Crippen LogP contribution in [0.2, 0.25) is 5.02 Å². The third kappa shape index (κ3) is 2.76. The highest BCUT2D eigenvalue weighted by Crippen LogP contribution is 2.28. The van der Waals surface area contributed by atoms with Crippen LogP contribution in [-0.4, -0.2) is 19.0 Å². The molecule has 2 aromatic rings. The third-order valence-electron chi connectivity index (χ3n) is 3.40. The molecule has 0 saturated carbocycles. The fourth-order valence-corrected chi connectivity index (χ4v) is 2.61. The van der Waals surface area contributed by atoms with Crippen LogP contribution in [0.3, 0.4) is 0 Å². The van der Waals surface area contributed by atoms with E-state index in [1.165, 1.54) is 18.2 Å². The topological polar surface area (TPSA) is 21.6 Å². The maximum atomic E-state index is 13.7. The SMILES string of the molecule is Fc1cccc(F)c1C1=NCC(c2ccccc2Cl)CO1. The summed E-state index contributed by atoms with van der Waals surface area (Å²) in [5.74, 6) is -1.36. The van der Waals surface area contributed by atoms with Crippen LogP contribution in [-0.2, 0) is 4.74 Å². The van der Waals surface area contributed by atoms with E-state index in [0.29, 0.717) is 11.6 Å². The minimum atomic E-state index is -0.676. The number of hydrogen-bond acceptors (Lipinski definition) is 2. The molecule has 2 nitrogen and oxygen atoms in total. The van der Waals surface area contributed by atoms with E-state index in [1.54, 1.807) is 6.07 Å². The largest absolute Gasteiger partial charge is 0.477 e. The number of nitrogens with zero attached hydrogens (tertiary/aromatic N) is 1. The van der Waals surface area contributed by atoms with Crippen molar-refractivity contribution in [1.29, 1.82) is 0 Å². The third-order valence-corrected chi connectivity index (χ3v) is 3.74. The Morgan fingerprint density at radius 2 is 1.76 bits per heavy atom. The van der Waals surface area contributed by atoms with E-state index in [4.69, 9.17) is 16.3 Å². The van der Waals surface area contributed by atoms with Gasteiger partial charge >= 0.3 is 0 Å². The summed E-state index contributed by atoms with van der Waals surface area (Å²) in [6.45, 7) is 0.670. The Bertz CT molecular complexity index is 682. The highest BCUT2D eigenvalue weighted by molar-refractivity contribution is 6.31. The van der Waals surface area contributed by atoms with Crippen molar-refractivity contribution in [3.63, 3.8) is 0 Å². The van der Waals surface area contributed by atoms with Gasteiger partial charge in [-0.1, -0.05) is 35.9 Å². The summed E-state index contributed by atoms with van der Waals surface area (Å²) >= 11 is 6.14. The Labute approximate surface area is 126 Å². The van der Waals surface area contributed by atoms with Crippen LogP contribution in [0.1, 0.15) is 17.0 Å². The summed E-state index contributed by atoms with van der Waals surface area (Å²) in [7, 11) is 0. The highest BCUT2D eigenvalue weighted by Gasteiger charge is 2.24. The van der Waals surface area contributed by atoms with Crippen molar-refractivity contribution < 1.29 is 13.5 Å². The maximum Gasteiger partial charge on any atom is 0.222 e. The van der Waals surface area contributed by atoms with E-state index < -0.39 is 11.6 Å². The van der Waals surface area contributed by atoms with Gasteiger partial charge in [0.2, 0.25) is 5.90 Å². The zero-order valence-corrected chi connectivity index (χ0v) is 11.8. The number of hydrogen-bond donors (Lipinski definition) is 0. The van der Waals surface area contributed by atoms with E-state index in [-0.39, 0.29) is 24.0 Å². The molecule has 0 amide bonds. The molecule has 21 heavy (non-hydrogen) atoms. The molecule has 108 valence electrons. The van der Waals surface area contributed by atoms with Crippen LogP contribution in [0.15, 0.2) is 47.5 Å². The first-order valence-corrected chi connectivity index (χ1v) is 6.90. The van der Waals surface area contributed by atoms with E-state index >= 15 is 0 Å². The average Bonchev–Trinajstić information content (AvgIpc) is 2.48. The molecule has 0 radical (unpaired) electrons. The van der Waals surface area contributed by atoms with Gasteiger partial charge in [-0.05, 0) is 23.8 Å². The lowest BCUT2D eigenvalue weighted by atomic mass is 9.99. The van der Waals surface area contributed by atoms with Gasteiger partial charge in [0, 0.05) is 10.9 Å². The molecule has 0 N–H and O–H groups in total. The molecule has 5 heteroatoms. The standard InChI is InChI=1S/C16H12ClF2NO/c17-12-5-2-1-4-11(12)10-8-20-16(21-9-10)15-13(18)6-3-7-14(15)19/h1-7,10H,8-9H2. The molecular weight excluding hydrogens is 296 g/mol. The fourth-order valence-electron chi connectivity index (χ4n) is 2.32. The molecule has 2 aromatic carbocycles. The molecule has 1 heterocycles. The van der Waals surface area contributed by atoms with Crippen LogP contribution in [0.5, 0.6) is 0 Å².